The first-order valence-corrected chi connectivity index (χ1v) is 8.29. The van der Waals surface area contributed by atoms with Gasteiger partial charge in [0.15, 0.2) is 0 Å². The van der Waals surface area contributed by atoms with Crippen LogP contribution in [0.15, 0.2) is 0 Å². The maximum absolute atomic E-state index is 10.9. The third-order valence-electron chi connectivity index (χ3n) is 5.58. The molecule has 0 aromatic carbocycles. The molecule has 0 spiro atoms. The van der Waals surface area contributed by atoms with Crippen molar-refractivity contribution in [3.05, 3.63) is 0 Å². The fraction of sp³-hybridized carbons (Fsp3) is 0.941. The molecule has 0 saturated heterocycles. The standard InChI is InChI=1S/C17H33NO2/c1-6-17(4,5)14-8-10-15(11-9-14)18(7-2)13(3)12-16(19)20/h13-15H,6-12H2,1-5H3,(H,19,20). The molecule has 1 saturated carbocycles. The lowest BCUT2D eigenvalue weighted by Gasteiger charge is -2.43. The summed E-state index contributed by atoms with van der Waals surface area (Å²) >= 11 is 0. The SMILES string of the molecule is CCN(C(C)CC(=O)O)C1CCC(C(C)(C)CC)CC1. The Hall–Kier alpha value is -0.570. The Morgan fingerprint density at radius 1 is 1.25 bits per heavy atom. The minimum atomic E-state index is -0.684. The van der Waals surface area contributed by atoms with E-state index in [-0.39, 0.29) is 12.5 Å². The van der Waals surface area contributed by atoms with Gasteiger partial charge >= 0.3 is 5.97 Å². The second-order valence-corrected chi connectivity index (χ2v) is 7.12. The van der Waals surface area contributed by atoms with Crippen LogP contribution in [0, 0.1) is 11.3 Å². The number of hydrogen-bond acceptors (Lipinski definition) is 2. The minimum Gasteiger partial charge on any atom is -0.481 e. The molecular weight excluding hydrogens is 250 g/mol. The summed E-state index contributed by atoms with van der Waals surface area (Å²) in [6.45, 7) is 12.2. The van der Waals surface area contributed by atoms with Gasteiger partial charge in [-0.25, -0.2) is 0 Å². The largest absolute Gasteiger partial charge is 0.481 e. The summed E-state index contributed by atoms with van der Waals surface area (Å²) in [6.07, 6.45) is 6.55. The molecule has 20 heavy (non-hydrogen) atoms. The van der Waals surface area contributed by atoms with E-state index in [9.17, 15) is 4.79 Å². The monoisotopic (exact) mass is 283 g/mol. The first-order valence-electron chi connectivity index (χ1n) is 8.29. The van der Waals surface area contributed by atoms with Crippen molar-refractivity contribution >= 4 is 5.97 Å². The Kier molecular flexibility index (Phi) is 6.50. The number of carboxylic acids is 1. The molecule has 0 amide bonds. The molecule has 1 atom stereocenters. The predicted octanol–water partition coefficient (Wildman–Crippen LogP) is 4.17. The van der Waals surface area contributed by atoms with Gasteiger partial charge in [0.25, 0.3) is 0 Å². The smallest absolute Gasteiger partial charge is 0.304 e. The van der Waals surface area contributed by atoms with Crippen molar-refractivity contribution in [2.75, 3.05) is 6.54 Å². The molecule has 3 nitrogen and oxygen atoms in total. The van der Waals surface area contributed by atoms with E-state index in [0.29, 0.717) is 11.5 Å². The fourth-order valence-corrected chi connectivity index (χ4v) is 3.78. The van der Waals surface area contributed by atoms with Gasteiger partial charge in [0.2, 0.25) is 0 Å². The van der Waals surface area contributed by atoms with Crippen LogP contribution in [0.3, 0.4) is 0 Å². The summed E-state index contributed by atoms with van der Waals surface area (Å²) in [5.41, 5.74) is 0.453. The highest BCUT2D eigenvalue weighted by atomic mass is 16.4. The average Bonchev–Trinajstić information content (AvgIpc) is 2.39. The van der Waals surface area contributed by atoms with Gasteiger partial charge in [-0.15, -0.1) is 0 Å². The highest BCUT2D eigenvalue weighted by Crippen LogP contribution is 2.41. The van der Waals surface area contributed by atoms with E-state index in [2.05, 4.69) is 39.5 Å². The topological polar surface area (TPSA) is 40.5 Å². The van der Waals surface area contributed by atoms with E-state index in [4.69, 9.17) is 5.11 Å². The van der Waals surface area contributed by atoms with Gasteiger partial charge in [-0.2, -0.15) is 0 Å². The summed E-state index contributed by atoms with van der Waals surface area (Å²) in [7, 11) is 0. The Bertz CT molecular complexity index is 306. The third kappa shape index (κ3) is 4.47. The first kappa shape index (κ1) is 17.5. The quantitative estimate of drug-likeness (QED) is 0.762. The van der Waals surface area contributed by atoms with Crippen LogP contribution >= 0.6 is 0 Å². The average molecular weight is 283 g/mol. The zero-order valence-corrected chi connectivity index (χ0v) is 14.0. The molecule has 0 radical (unpaired) electrons. The third-order valence-corrected chi connectivity index (χ3v) is 5.58. The number of rotatable bonds is 7. The Morgan fingerprint density at radius 3 is 2.20 bits per heavy atom. The van der Waals surface area contributed by atoms with Crippen LogP contribution in [0.1, 0.15) is 73.1 Å². The Labute approximate surface area is 124 Å². The van der Waals surface area contributed by atoms with Crippen LogP contribution in [0.25, 0.3) is 0 Å². The van der Waals surface area contributed by atoms with Gasteiger partial charge in [0.05, 0.1) is 6.42 Å². The lowest BCUT2D eigenvalue weighted by atomic mass is 9.68. The second kappa shape index (κ2) is 7.44. The van der Waals surface area contributed by atoms with Gasteiger partial charge in [-0.05, 0) is 50.5 Å². The first-order chi connectivity index (χ1) is 9.31. The molecule has 1 rings (SSSR count). The van der Waals surface area contributed by atoms with Crippen molar-refractivity contribution in [3.8, 4) is 0 Å². The molecule has 118 valence electrons. The summed E-state index contributed by atoms with van der Waals surface area (Å²) in [5, 5.41) is 8.98. The number of carbonyl (C=O) groups is 1. The molecule has 0 bridgehead atoms. The van der Waals surface area contributed by atoms with Gasteiger partial charge < -0.3 is 5.11 Å². The van der Waals surface area contributed by atoms with E-state index in [1.807, 2.05) is 0 Å². The molecule has 0 aromatic heterocycles. The molecule has 0 aliphatic heterocycles. The highest BCUT2D eigenvalue weighted by molar-refractivity contribution is 5.67. The number of carboxylic acid groups (broad SMARTS) is 1. The Morgan fingerprint density at radius 2 is 1.80 bits per heavy atom. The molecule has 3 heteroatoms. The fourth-order valence-electron chi connectivity index (χ4n) is 3.78. The number of hydrogen-bond donors (Lipinski definition) is 1. The highest BCUT2D eigenvalue weighted by Gasteiger charge is 2.34. The van der Waals surface area contributed by atoms with Crippen LogP contribution < -0.4 is 0 Å². The van der Waals surface area contributed by atoms with Crippen molar-refractivity contribution in [2.45, 2.75) is 85.2 Å². The van der Waals surface area contributed by atoms with E-state index < -0.39 is 5.97 Å². The van der Waals surface area contributed by atoms with Gasteiger partial charge in [0.1, 0.15) is 0 Å². The van der Waals surface area contributed by atoms with Gasteiger partial charge in [-0.1, -0.05) is 34.1 Å². The van der Waals surface area contributed by atoms with Crippen molar-refractivity contribution in [1.29, 1.82) is 0 Å². The summed E-state index contributed by atoms with van der Waals surface area (Å²) < 4.78 is 0. The predicted molar refractivity (Wildman–Crippen MR) is 83.9 cm³/mol. The zero-order valence-electron chi connectivity index (χ0n) is 14.0. The second-order valence-electron chi connectivity index (χ2n) is 7.12. The normalized spacial score (nSPS) is 25.7. The van der Waals surface area contributed by atoms with E-state index in [1.54, 1.807) is 0 Å². The maximum Gasteiger partial charge on any atom is 0.304 e. The molecule has 0 heterocycles. The summed E-state index contributed by atoms with van der Waals surface area (Å²) in [5.74, 6) is 0.147. The molecule has 1 aliphatic rings. The molecule has 1 unspecified atom stereocenters. The van der Waals surface area contributed by atoms with Crippen molar-refractivity contribution in [2.24, 2.45) is 11.3 Å². The molecule has 1 fully saturated rings. The zero-order chi connectivity index (χ0) is 15.3. The number of aliphatic carboxylic acids is 1. The van der Waals surface area contributed by atoms with Crippen molar-refractivity contribution < 1.29 is 9.90 Å². The van der Waals surface area contributed by atoms with E-state index >= 15 is 0 Å². The Balaban J connectivity index is 2.56. The van der Waals surface area contributed by atoms with Crippen LogP contribution in [0.4, 0.5) is 0 Å². The van der Waals surface area contributed by atoms with E-state index in [1.165, 1.54) is 32.1 Å². The van der Waals surface area contributed by atoms with Crippen LogP contribution in [0.5, 0.6) is 0 Å². The van der Waals surface area contributed by atoms with Crippen molar-refractivity contribution in [3.63, 3.8) is 0 Å². The van der Waals surface area contributed by atoms with Gasteiger partial charge in [-0.3, -0.25) is 9.69 Å². The lowest BCUT2D eigenvalue weighted by molar-refractivity contribution is -0.138. The van der Waals surface area contributed by atoms with Crippen molar-refractivity contribution in [1.82, 2.24) is 4.90 Å². The molecular formula is C17H33NO2. The summed E-state index contributed by atoms with van der Waals surface area (Å²) in [6, 6.07) is 0.733. The van der Waals surface area contributed by atoms with Crippen LogP contribution in [0.2, 0.25) is 0 Å². The van der Waals surface area contributed by atoms with Crippen LogP contribution in [-0.4, -0.2) is 34.6 Å². The minimum absolute atomic E-state index is 0.151. The molecule has 1 N–H and O–H groups in total. The number of nitrogens with zero attached hydrogens (tertiary/aromatic N) is 1. The van der Waals surface area contributed by atoms with Crippen LogP contribution in [-0.2, 0) is 4.79 Å². The maximum atomic E-state index is 10.9. The van der Waals surface area contributed by atoms with Gasteiger partial charge in [0, 0.05) is 12.1 Å². The van der Waals surface area contributed by atoms with E-state index in [0.717, 1.165) is 12.5 Å². The lowest BCUT2D eigenvalue weighted by Crippen LogP contribution is -2.45. The molecule has 1 aliphatic carbocycles. The summed E-state index contributed by atoms with van der Waals surface area (Å²) in [4.78, 5) is 13.3. The molecule has 0 aromatic rings.